The van der Waals surface area contributed by atoms with Crippen molar-refractivity contribution >= 4 is 17.6 Å². The molecule has 0 aliphatic carbocycles. The summed E-state index contributed by atoms with van der Waals surface area (Å²) in [4.78, 5) is 0. The van der Waals surface area contributed by atoms with E-state index in [1.165, 1.54) is 0 Å². The van der Waals surface area contributed by atoms with Crippen molar-refractivity contribution in [1.82, 2.24) is 0 Å². The Balaban J connectivity index is 3.51. The number of aliphatic hydroxyl groups excluding tert-OH is 1. The molecule has 0 saturated heterocycles. The predicted molar refractivity (Wildman–Crippen MR) is 50.1 cm³/mol. The minimum atomic E-state index is 0.187. The molecule has 66 valence electrons. The van der Waals surface area contributed by atoms with Gasteiger partial charge in [0.2, 0.25) is 0 Å². The lowest BCUT2D eigenvalue weighted by Gasteiger charge is -2.13. The number of nitrogens with one attached hydrogen (secondary N) is 1. The zero-order valence-corrected chi connectivity index (χ0v) is 7.82. The Morgan fingerprint density at radius 1 is 1.55 bits per heavy atom. The molecular weight excluding hydrogens is 160 g/mol. The summed E-state index contributed by atoms with van der Waals surface area (Å²) < 4.78 is 0. The third-order valence-electron chi connectivity index (χ3n) is 1.23. The van der Waals surface area contributed by atoms with Gasteiger partial charge in [0.1, 0.15) is 0 Å². The molecule has 0 aromatic rings. The second-order valence-electron chi connectivity index (χ2n) is 2.67. The molecule has 0 heterocycles. The van der Waals surface area contributed by atoms with Gasteiger partial charge in [-0.3, -0.25) is 5.41 Å². The van der Waals surface area contributed by atoms with Crippen molar-refractivity contribution in [3.05, 3.63) is 0 Å². The van der Waals surface area contributed by atoms with Gasteiger partial charge in [-0.25, -0.2) is 0 Å². The Morgan fingerprint density at radius 2 is 2.09 bits per heavy atom. The van der Waals surface area contributed by atoms with Gasteiger partial charge in [-0.1, -0.05) is 13.8 Å². The smallest absolute Gasteiger partial charge is 0.0916 e. The van der Waals surface area contributed by atoms with Gasteiger partial charge in [-0.15, -0.1) is 0 Å². The van der Waals surface area contributed by atoms with Gasteiger partial charge in [0.05, 0.1) is 12.4 Å². The minimum absolute atomic E-state index is 0.187. The Labute approximate surface area is 71.9 Å². The quantitative estimate of drug-likeness (QED) is 0.429. The Morgan fingerprint density at radius 3 is 2.45 bits per heavy atom. The maximum absolute atomic E-state index is 8.71. The van der Waals surface area contributed by atoms with Crippen LogP contribution in [0, 0.1) is 5.41 Å². The standard InChI is InChI=1S/C7H16N2OS/c1-5(3-7(8)9)11-6(2)4-10/h5-6,10H,3-4H2,1-2H3,(H3,8,9). The van der Waals surface area contributed by atoms with Crippen molar-refractivity contribution in [3.8, 4) is 0 Å². The lowest BCUT2D eigenvalue weighted by atomic mass is 10.3. The minimum Gasteiger partial charge on any atom is -0.395 e. The highest BCUT2D eigenvalue weighted by Crippen LogP contribution is 2.18. The molecule has 2 atom stereocenters. The fourth-order valence-corrected chi connectivity index (χ4v) is 1.95. The van der Waals surface area contributed by atoms with Gasteiger partial charge in [0.25, 0.3) is 0 Å². The lowest BCUT2D eigenvalue weighted by Crippen LogP contribution is -2.17. The zero-order valence-electron chi connectivity index (χ0n) is 7.00. The van der Waals surface area contributed by atoms with E-state index in [0.717, 1.165) is 0 Å². The van der Waals surface area contributed by atoms with E-state index in [0.29, 0.717) is 11.7 Å². The van der Waals surface area contributed by atoms with E-state index in [9.17, 15) is 0 Å². The monoisotopic (exact) mass is 176 g/mol. The van der Waals surface area contributed by atoms with Crippen LogP contribution >= 0.6 is 11.8 Å². The van der Waals surface area contributed by atoms with Crippen molar-refractivity contribution < 1.29 is 5.11 Å². The molecule has 0 saturated carbocycles. The number of nitrogens with two attached hydrogens (primary N) is 1. The van der Waals surface area contributed by atoms with Crippen molar-refractivity contribution in [2.24, 2.45) is 5.73 Å². The first-order chi connectivity index (χ1) is 5.06. The number of hydrogen-bond donors (Lipinski definition) is 3. The first kappa shape index (κ1) is 10.8. The average Bonchev–Trinajstić information content (AvgIpc) is 1.85. The van der Waals surface area contributed by atoms with Crippen LogP contribution in [0.4, 0.5) is 0 Å². The molecule has 2 unspecified atom stereocenters. The lowest BCUT2D eigenvalue weighted by molar-refractivity contribution is 0.300. The van der Waals surface area contributed by atoms with E-state index in [1.807, 2.05) is 13.8 Å². The Bertz CT molecular complexity index is 130. The van der Waals surface area contributed by atoms with Crippen LogP contribution in [0.3, 0.4) is 0 Å². The molecule has 0 aliphatic heterocycles. The summed E-state index contributed by atoms with van der Waals surface area (Å²) in [5, 5.41) is 16.3. The molecule has 4 heteroatoms. The maximum Gasteiger partial charge on any atom is 0.0916 e. The molecule has 0 bridgehead atoms. The van der Waals surface area contributed by atoms with Crippen molar-refractivity contribution in [2.45, 2.75) is 30.8 Å². The molecule has 3 nitrogen and oxygen atoms in total. The maximum atomic E-state index is 8.71. The topological polar surface area (TPSA) is 70.1 Å². The molecule has 0 amide bonds. The van der Waals surface area contributed by atoms with Gasteiger partial charge in [-0.05, 0) is 0 Å². The number of thioether (sulfide) groups is 1. The van der Waals surface area contributed by atoms with Crippen LogP contribution in [0.5, 0.6) is 0 Å². The second-order valence-corrected chi connectivity index (χ2v) is 4.55. The van der Waals surface area contributed by atoms with E-state index in [4.69, 9.17) is 16.2 Å². The Kier molecular flexibility index (Phi) is 5.32. The van der Waals surface area contributed by atoms with Crippen molar-refractivity contribution in [2.75, 3.05) is 6.61 Å². The molecule has 11 heavy (non-hydrogen) atoms. The summed E-state index contributed by atoms with van der Waals surface area (Å²) in [6.45, 7) is 4.16. The second kappa shape index (κ2) is 5.43. The summed E-state index contributed by atoms with van der Waals surface area (Å²) in [6, 6.07) is 0. The normalized spacial score (nSPS) is 15.9. The van der Waals surface area contributed by atoms with E-state index in [-0.39, 0.29) is 17.7 Å². The first-order valence-corrected chi connectivity index (χ1v) is 4.59. The molecule has 0 rings (SSSR count). The highest BCUT2D eigenvalue weighted by Gasteiger charge is 2.08. The number of aliphatic hydroxyl groups is 1. The SMILES string of the molecule is CC(CO)SC(C)CC(=N)N. The molecule has 0 radical (unpaired) electrons. The molecule has 0 fully saturated rings. The number of amidine groups is 1. The van der Waals surface area contributed by atoms with Crippen LogP contribution in [-0.2, 0) is 0 Å². The molecule has 0 aliphatic rings. The largest absolute Gasteiger partial charge is 0.395 e. The molecule has 0 aromatic carbocycles. The highest BCUT2D eigenvalue weighted by atomic mass is 32.2. The Hall–Kier alpha value is -0.220. The third kappa shape index (κ3) is 6.19. The predicted octanol–water partition coefficient (Wildman–Crippen LogP) is 0.815. The van der Waals surface area contributed by atoms with Gasteiger partial charge in [-0.2, -0.15) is 11.8 Å². The fourth-order valence-electron chi connectivity index (χ4n) is 0.797. The van der Waals surface area contributed by atoms with Crippen LogP contribution in [0.2, 0.25) is 0 Å². The summed E-state index contributed by atoms with van der Waals surface area (Å²) in [5.41, 5.74) is 5.22. The average molecular weight is 176 g/mol. The number of rotatable bonds is 5. The highest BCUT2D eigenvalue weighted by molar-refractivity contribution is 8.00. The van der Waals surface area contributed by atoms with Crippen molar-refractivity contribution in [1.29, 1.82) is 5.41 Å². The van der Waals surface area contributed by atoms with E-state index in [2.05, 4.69) is 0 Å². The van der Waals surface area contributed by atoms with Gasteiger partial charge in [0, 0.05) is 16.9 Å². The van der Waals surface area contributed by atoms with E-state index in [1.54, 1.807) is 11.8 Å². The first-order valence-electron chi connectivity index (χ1n) is 3.65. The van der Waals surface area contributed by atoms with E-state index >= 15 is 0 Å². The molecular formula is C7H16N2OS. The van der Waals surface area contributed by atoms with Crippen molar-refractivity contribution in [3.63, 3.8) is 0 Å². The molecule has 0 spiro atoms. The van der Waals surface area contributed by atoms with Gasteiger partial charge >= 0.3 is 0 Å². The summed E-state index contributed by atoms with van der Waals surface area (Å²) in [6.07, 6.45) is 0.606. The van der Waals surface area contributed by atoms with Crippen LogP contribution in [0.15, 0.2) is 0 Å². The van der Waals surface area contributed by atoms with Crippen LogP contribution in [-0.4, -0.2) is 28.0 Å². The number of hydrogen-bond acceptors (Lipinski definition) is 3. The van der Waals surface area contributed by atoms with Gasteiger partial charge in [0.15, 0.2) is 0 Å². The summed E-state index contributed by atoms with van der Waals surface area (Å²) in [5.74, 6) is 0.218. The van der Waals surface area contributed by atoms with Crippen LogP contribution in [0.25, 0.3) is 0 Å². The summed E-state index contributed by atoms with van der Waals surface area (Å²) in [7, 11) is 0. The van der Waals surface area contributed by atoms with Crippen LogP contribution < -0.4 is 5.73 Å². The van der Waals surface area contributed by atoms with Crippen LogP contribution in [0.1, 0.15) is 20.3 Å². The van der Waals surface area contributed by atoms with Gasteiger partial charge < -0.3 is 10.8 Å². The zero-order chi connectivity index (χ0) is 8.85. The third-order valence-corrected chi connectivity index (χ3v) is 2.47. The summed E-state index contributed by atoms with van der Waals surface area (Å²) >= 11 is 1.66. The van der Waals surface area contributed by atoms with E-state index < -0.39 is 0 Å². The fraction of sp³-hybridized carbons (Fsp3) is 0.857. The molecule has 4 N–H and O–H groups in total. The molecule has 0 aromatic heterocycles.